The Morgan fingerprint density at radius 2 is 1.47 bits per heavy atom. The van der Waals surface area contributed by atoms with Gasteiger partial charge in [0.15, 0.2) is 0 Å². The van der Waals surface area contributed by atoms with Gasteiger partial charge in [0.2, 0.25) is 0 Å². The highest BCUT2D eigenvalue weighted by atomic mass is 16.5. The molecule has 2 aliphatic rings. The molecule has 1 nitrogen and oxygen atoms in total. The molecule has 2 aliphatic carbocycles. The zero-order chi connectivity index (χ0) is 13.5. The lowest BCUT2D eigenvalue weighted by Gasteiger charge is -2.37. The zero-order valence-electron chi connectivity index (χ0n) is 12.9. The number of hydrogen-bond acceptors (Lipinski definition) is 1. The van der Waals surface area contributed by atoms with E-state index >= 15 is 0 Å². The van der Waals surface area contributed by atoms with Gasteiger partial charge in [0.1, 0.15) is 0 Å². The van der Waals surface area contributed by atoms with Gasteiger partial charge in [-0.2, -0.15) is 0 Å². The van der Waals surface area contributed by atoms with Crippen molar-refractivity contribution in [3.63, 3.8) is 0 Å². The molecule has 1 heteroatoms. The van der Waals surface area contributed by atoms with E-state index in [1.165, 1.54) is 51.4 Å². The molecule has 110 valence electrons. The molecule has 0 aromatic carbocycles. The van der Waals surface area contributed by atoms with E-state index in [-0.39, 0.29) is 0 Å². The van der Waals surface area contributed by atoms with Crippen LogP contribution in [0.25, 0.3) is 0 Å². The number of ether oxygens (including phenoxy) is 1. The second kappa shape index (κ2) is 8.09. The Hall–Kier alpha value is -0.300. The minimum atomic E-state index is 0.857. The highest BCUT2D eigenvalue weighted by Gasteiger charge is 2.30. The van der Waals surface area contributed by atoms with Gasteiger partial charge in [-0.25, -0.2) is 0 Å². The molecule has 0 aromatic rings. The van der Waals surface area contributed by atoms with Crippen LogP contribution in [-0.2, 0) is 4.74 Å². The first-order valence-corrected chi connectivity index (χ1v) is 8.54. The first kappa shape index (κ1) is 15.1. The molecule has 0 N–H and O–H groups in total. The smallest absolute Gasteiger partial charge is 0.0494 e. The molecule has 2 fully saturated rings. The maximum atomic E-state index is 5.59. The van der Waals surface area contributed by atoms with Crippen LogP contribution in [0.3, 0.4) is 0 Å². The summed E-state index contributed by atoms with van der Waals surface area (Å²) in [5.74, 6) is 3.81. The molecule has 0 bridgehead atoms. The van der Waals surface area contributed by atoms with Gasteiger partial charge >= 0.3 is 0 Å². The Kier molecular flexibility index (Phi) is 6.43. The van der Waals surface area contributed by atoms with Crippen LogP contribution in [0.4, 0.5) is 0 Å². The number of allylic oxidation sites excluding steroid dienone is 2. The monoisotopic (exact) mass is 264 g/mol. The second-order valence-corrected chi connectivity index (χ2v) is 6.64. The first-order chi connectivity index (χ1) is 9.33. The van der Waals surface area contributed by atoms with Crippen molar-refractivity contribution in [2.24, 2.45) is 23.7 Å². The third-order valence-corrected chi connectivity index (χ3v) is 5.40. The Bertz CT molecular complexity index is 255. The van der Waals surface area contributed by atoms with Crippen LogP contribution in [0, 0.1) is 23.7 Å². The van der Waals surface area contributed by atoms with E-state index in [0.717, 1.165) is 36.9 Å². The third kappa shape index (κ3) is 4.63. The minimum absolute atomic E-state index is 0.857. The van der Waals surface area contributed by atoms with Crippen molar-refractivity contribution in [3.05, 3.63) is 12.2 Å². The van der Waals surface area contributed by atoms with Crippen molar-refractivity contribution < 1.29 is 4.74 Å². The summed E-state index contributed by atoms with van der Waals surface area (Å²) in [6, 6.07) is 0. The van der Waals surface area contributed by atoms with Crippen LogP contribution in [0.5, 0.6) is 0 Å². The molecule has 0 heterocycles. The van der Waals surface area contributed by atoms with Crippen molar-refractivity contribution in [1.82, 2.24) is 0 Å². The molecular formula is C18H32O. The highest BCUT2D eigenvalue weighted by Crippen LogP contribution is 2.41. The molecule has 2 rings (SSSR count). The van der Waals surface area contributed by atoms with Crippen LogP contribution in [0.2, 0.25) is 0 Å². The van der Waals surface area contributed by atoms with E-state index in [2.05, 4.69) is 26.0 Å². The average Bonchev–Trinajstić information content (AvgIpc) is 2.47. The predicted molar refractivity (Wildman–Crippen MR) is 82.2 cm³/mol. The van der Waals surface area contributed by atoms with Crippen LogP contribution in [0.15, 0.2) is 12.2 Å². The summed E-state index contributed by atoms with van der Waals surface area (Å²) >= 11 is 0. The van der Waals surface area contributed by atoms with Crippen LogP contribution < -0.4 is 0 Å². The summed E-state index contributed by atoms with van der Waals surface area (Å²) in [6.45, 7) is 6.16. The summed E-state index contributed by atoms with van der Waals surface area (Å²) in [5.41, 5.74) is 0. The van der Waals surface area contributed by atoms with Gasteiger partial charge in [0, 0.05) is 13.2 Å². The Morgan fingerprint density at radius 1 is 0.895 bits per heavy atom. The molecule has 0 amide bonds. The quantitative estimate of drug-likeness (QED) is 0.619. The largest absolute Gasteiger partial charge is 0.381 e. The number of hydrogen-bond donors (Lipinski definition) is 0. The van der Waals surface area contributed by atoms with Gasteiger partial charge in [-0.15, -0.1) is 0 Å². The molecule has 0 radical (unpaired) electrons. The summed E-state index contributed by atoms with van der Waals surface area (Å²) < 4.78 is 5.59. The van der Waals surface area contributed by atoms with E-state index in [1.54, 1.807) is 0 Å². The lowest BCUT2D eigenvalue weighted by molar-refractivity contribution is 0.0727. The third-order valence-electron chi connectivity index (χ3n) is 5.40. The van der Waals surface area contributed by atoms with Crippen LogP contribution in [0.1, 0.15) is 65.2 Å². The molecule has 0 aliphatic heterocycles. The van der Waals surface area contributed by atoms with Gasteiger partial charge in [-0.1, -0.05) is 12.2 Å². The summed E-state index contributed by atoms with van der Waals surface area (Å²) in [7, 11) is 0. The normalized spacial score (nSPS) is 36.7. The Balaban J connectivity index is 1.68. The van der Waals surface area contributed by atoms with Crippen molar-refractivity contribution in [1.29, 1.82) is 0 Å². The minimum Gasteiger partial charge on any atom is -0.381 e. The fraction of sp³-hybridized carbons (Fsp3) is 0.889. The SMILES string of the molecule is C/C=C/[C@H]1CC[C@H](C2CCC(COCC)CC2)CC1. The van der Waals surface area contributed by atoms with Crippen LogP contribution in [-0.4, -0.2) is 13.2 Å². The molecule has 19 heavy (non-hydrogen) atoms. The summed E-state index contributed by atoms with van der Waals surface area (Å²) in [6.07, 6.45) is 16.3. The lowest BCUT2D eigenvalue weighted by Crippen LogP contribution is -2.26. The maximum absolute atomic E-state index is 5.59. The predicted octanol–water partition coefficient (Wildman–Crippen LogP) is 5.21. The van der Waals surface area contributed by atoms with Crippen molar-refractivity contribution in [3.8, 4) is 0 Å². The van der Waals surface area contributed by atoms with Gasteiger partial charge in [-0.05, 0) is 88.9 Å². The fourth-order valence-corrected chi connectivity index (χ4v) is 4.19. The molecule has 0 saturated heterocycles. The van der Waals surface area contributed by atoms with Gasteiger partial charge in [-0.3, -0.25) is 0 Å². The summed E-state index contributed by atoms with van der Waals surface area (Å²) in [4.78, 5) is 0. The Labute approximate surface area is 119 Å². The second-order valence-electron chi connectivity index (χ2n) is 6.64. The van der Waals surface area contributed by atoms with Gasteiger partial charge in [0.25, 0.3) is 0 Å². The molecular weight excluding hydrogens is 232 g/mol. The fourth-order valence-electron chi connectivity index (χ4n) is 4.19. The van der Waals surface area contributed by atoms with Crippen molar-refractivity contribution in [2.75, 3.05) is 13.2 Å². The van der Waals surface area contributed by atoms with E-state index < -0.39 is 0 Å². The maximum Gasteiger partial charge on any atom is 0.0494 e. The van der Waals surface area contributed by atoms with E-state index in [9.17, 15) is 0 Å². The zero-order valence-corrected chi connectivity index (χ0v) is 12.9. The highest BCUT2D eigenvalue weighted by molar-refractivity contribution is 4.90. The molecule has 2 saturated carbocycles. The Morgan fingerprint density at radius 3 is 2.00 bits per heavy atom. The number of rotatable bonds is 5. The van der Waals surface area contributed by atoms with Gasteiger partial charge in [0.05, 0.1) is 0 Å². The lowest BCUT2D eigenvalue weighted by atomic mass is 9.69. The topological polar surface area (TPSA) is 9.23 Å². The van der Waals surface area contributed by atoms with Crippen molar-refractivity contribution in [2.45, 2.75) is 65.2 Å². The van der Waals surface area contributed by atoms with Crippen LogP contribution >= 0.6 is 0 Å². The molecule has 0 unspecified atom stereocenters. The van der Waals surface area contributed by atoms with E-state index in [0.29, 0.717) is 0 Å². The van der Waals surface area contributed by atoms with Crippen molar-refractivity contribution >= 4 is 0 Å². The van der Waals surface area contributed by atoms with E-state index in [4.69, 9.17) is 4.74 Å². The standard InChI is InChI=1S/C18H32O/c1-3-5-15-6-10-17(11-7-15)18-12-8-16(9-13-18)14-19-4-2/h3,5,15-18H,4,6-14H2,1-2H3/b5-3+/t15-,16?,17-,18?. The molecule has 0 aromatic heterocycles. The van der Waals surface area contributed by atoms with E-state index in [1.807, 2.05) is 0 Å². The molecule has 0 spiro atoms. The first-order valence-electron chi connectivity index (χ1n) is 8.54. The average molecular weight is 264 g/mol. The van der Waals surface area contributed by atoms with Gasteiger partial charge < -0.3 is 4.74 Å². The summed E-state index contributed by atoms with van der Waals surface area (Å²) in [5, 5.41) is 0. The molecule has 0 atom stereocenters.